The maximum atomic E-state index is 11.3. The first-order chi connectivity index (χ1) is 9.72. The third-order valence-electron chi connectivity index (χ3n) is 4.48. The van der Waals surface area contributed by atoms with Gasteiger partial charge in [0, 0.05) is 6.04 Å². The number of aromatic amines is 2. The van der Waals surface area contributed by atoms with Crippen molar-refractivity contribution in [2.45, 2.75) is 45.1 Å². The molecule has 4 heteroatoms. The Labute approximate surface area is 119 Å². The Morgan fingerprint density at radius 2 is 1.95 bits per heavy atom. The summed E-state index contributed by atoms with van der Waals surface area (Å²) in [5.41, 5.74) is 2.85. The lowest BCUT2D eigenvalue weighted by molar-refractivity contribution is 0.331. The second-order valence-corrected chi connectivity index (χ2v) is 6.02. The molecule has 1 aromatic carbocycles. The highest BCUT2D eigenvalue weighted by Crippen LogP contribution is 2.24. The quantitative estimate of drug-likeness (QED) is 0.801. The average molecular weight is 273 g/mol. The van der Waals surface area contributed by atoms with Gasteiger partial charge >= 0.3 is 5.69 Å². The van der Waals surface area contributed by atoms with Crippen LogP contribution in [-0.2, 0) is 0 Å². The molecule has 3 rings (SSSR count). The minimum absolute atomic E-state index is 0.139. The van der Waals surface area contributed by atoms with E-state index in [0.717, 1.165) is 23.5 Å². The molecule has 0 aliphatic heterocycles. The molecule has 4 nitrogen and oxygen atoms in total. The van der Waals surface area contributed by atoms with E-state index in [1.165, 1.54) is 37.7 Å². The summed E-state index contributed by atoms with van der Waals surface area (Å²) in [4.78, 5) is 16.9. The molecule has 1 fully saturated rings. The fourth-order valence-electron chi connectivity index (χ4n) is 3.17. The number of fused-ring (bicyclic) bond motifs is 1. The van der Waals surface area contributed by atoms with Gasteiger partial charge in [-0.1, -0.05) is 25.3 Å². The number of imidazole rings is 1. The van der Waals surface area contributed by atoms with Gasteiger partial charge in [-0.05, 0) is 49.9 Å². The molecule has 1 aliphatic rings. The molecule has 0 saturated heterocycles. The fourth-order valence-corrected chi connectivity index (χ4v) is 3.17. The topological polar surface area (TPSA) is 60.7 Å². The molecule has 0 bridgehead atoms. The number of benzene rings is 1. The summed E-state index contributed by atoms with van der Waals surface area (Å²) in [6.45, 7) is 3.29. The Kier molecular flexibility index (Phi) is 3.92. The first-order valence-corrected chi connectivity index (χ1v) is 7.68. The van der Waals surface area contributed by atoms with Crippen LogP contribution in [-0.4, -0.2) is 16.5 Å². The summed E-state index contributed by atoms with van der Waals surface area (Å²) in [5.74, 6) is 0.835. The lowest BCUT2D eigenvalue weighted by atomic mass is 9.89. The number of aromatic nitrogens is 2. The zero-order chi connectivity index (χ0) is 13.9. The molecule has 1 heterocycles. The molecular weight excluding hydrogens is 250 g/mol. The summed E-state index contributed by atoms with van der Waals surface area (Å²) >= 11 is 0. The molecule has 3 N–H and O–H groups in total. The summed E-state index contributed by atoms with van der Waals surface area (Å²) in [7, 11) is 0. The van der Waals surface area contributed by atoms with E-state index in [2.05, 4.69) is 34.3 Å². The average Bonchev–Trinajstić information content (AvgIpc) is 2.85. The molecule has 20 heavy (non-hydrogen) atoms. The van der Waals surface area contributed by atoms with Crippen LogP contribution in [0.5, 0.6) is 0 Å². The Bertz CT molecular complexity index is 622. The van der Waals surface area contributed by atoms with E-state index >= 15 is 0 Å². The molecule has 1 unspecified atom stereocenters. The van der Waals surface area contributed by atoms with Crippen molar-refractivity contribution >= 4 is 11.0 Å². The van der Waals surface area contributed by atoms with E-state index in [9.17, 15) is 4.79 Å². The Balaban J connectivity index is 1.65. The second kappa shape index (κ2) is 5.83. The molecule has 0 radical (unpaired) electrons. The molecule has 1 saturated carbocycles. The second-order valence-electron chi connectivity index (χ2n) is 6.02. The van der Waals surface area contributed by atoms with Crippen molar-refractivity contribution < 1.29 is 0 Å². The standard InChI is InChI=1S/C16H23N3O/c1-11(17-10-12-5-3-2-4-6-12)13-7-8-14-15(9-13)19-16(20)18-14/h7-9,11-12,17H,2-6,10H2,1H3,(H2,18,19,20). The molecule has 1 aliphatic carbocycles. The minimum Gasteiger partial charge on any atom is -0.310 e. The SMILES string of the molecule is CC(NCC1CCCCC1)c1ccc2[nH]c(=O)[nH]c2c1. The molecule has 0 spiro atoms. The predicted molar refractivity (Wildman–Crippen MR) is 81.9 cm³/mol. The summed E-state index contributed by atoms with van der Waals surface area (Å²) in [6.07, 6.45) is 6.91. The highest BCUT2D eigenvalue weighted by molar-refractivity contribution is 5.75. The van der Waals surface area contributed by atoms with Gasteiger partial charge < -0.3 is 15.3 Å². The lowest BCUT2D eigenvalue weighted by Gasteiger charge is -2.24. The van der Waals surface area contributed by atoms with Gasteiger partial charge in [-0.15, -0.1) is 0 Å². The van der Waals surface area contributed by atoms with E-state index in [1.54, 1.807) is 0 Å². The summed E-state index contributed by atoms with van der Waals surface area (Å²) in [6, 6.07) is 6.44. The van der Waals surface area contributed by atoms with Crippen molar-refractivity contribution in [2.75, 3.05) is 6.54 Å². The van der Waals surface area contributed by atoms with Crippen LogP contribution in [0.1, 0.15) is 50.6 Å². The van der Waals surface area contributed by atoms with Crippen molar-refractivity contribution in [2.24, 2.45) is 5.92 Å². The van der Waals surface area contributed by atoms with E-state index < -0.39 is 0 Å². The van der Waals surface area contributed by atoms with E-state index in [1.807, 2.05) is 6.07 Å². The zero-order valence-corrected chi connectivity index (χ0v) is 12.0. The Hall–Kier alpha value is -1.55. The van der Waals surface area contributed by atoms with Crippen molar-refractivity contribution in [3.63, 3.8) is 0 Å². The number of hydrogen-bond donors (Lipinski definition) is 3. The van der Waals surface area contributed by atoms with E-state index in [4.69, 9.17) is 0 Å². The summed E-state index contributed by atoms with van der Waals surface area (Å²) in [5, 5.41) is 3.64. The van der Waals surface area contributed by atoms with Crippen molar-refractivity contribution in [1.29, 1.82) is 0 Å². The zero-order valence-electron chi connectivity index (χ0n) is 12.0. The van der Waals surface area contributed by atoms with Crippen molar-refractivity contribution in [3.8, 4) is 0 Å². The van der Waals surface area contributed by atoms with Crippen LogP contribution in [0, 0.1) is 5.92 Å². The van der Waals surface area contributed by atoms with Crippen LogP contribution in [0.15, 0.2) is 23.0 Å². The molecule has 1 aromatic heterocycles. The summed E-state index contributed by atoms with van der Waals surface area (Å²) < 4.78 is 0. The third-order valence-corrected chi connectivity index (χ3v) is 4.48. The largest absolute Gasteiger partial charge is 0.323 e. The molecule has 108 valence electrons. The monoisotopic (exact) mass is 273 g/mol. The van der Waals surface area contributed by atoms with Gasteiger partial charge in [-0.3, -0.25) is 0 Å². The normalized spacial score (nSPS) is 18.4. The number of rotatable bonds is 4. The van der Waals surface area contributed by atoms with Crippen LogP contribution in [0.25, 0.3) is 11.0 Å². The maximum Gasteiger partial charge on any atom is 0.323 e. The van der Waals surface area contributed by atoms with Gasteiger partial charge in [0.2, 0.25) is 0 Å². The first-order valence-electron chi connectivity index (χ1n) is 7.68. The van der Waals surface area contributed by atoms with Gasteiger partial charge in [-0.25, -0.2) is 4.79 Å². The number of hydrogen-bond acceptors (Lipinski definition) is 2. The minimum atomic E-state index is -0.139. The third kappa shape index (κ3) is 2.96. The molecule has 2 aromatic rings. The van der Waals surface area contributed by atoms with E-state index in [0.29, 0.717) is 6.04 Å². The highest BCUT2D eigenvalue weighted by Gasteiger charge is 2.15. The van der Waals surface area contributed by atoms with Crippen LogP contribution < -0.4 is 11.0 Å². The van der Waals surface area contributed by atoms with Crippen LogP contribution >= 0.6 is 0 Å². The predicted octanol–water partition coefficient (Wildman–Crippen LogP) is 3.09. The fraction of sp³-hybridized carbons (Fsp3) is 0.562. The number of nitrogens with one attached hydrogen (secondary N) is 3. The maximum absolute atomic E-state index is 11.3. The van der Waals surface area contributed by atoms with Crippen molar-refractivity contribution in [1.82, 2.24) is 15.3 Å². The highest BCUT2D eigenvalue weighted by atomic mass is 16.1. The van der Waals surface area contributed by atoms with Gasteiger partial charge in [0.1, 0.15) is 0 Å². The first kappa shape index (κ1) is 13.4. The molecule has 0 amide bonds. The Morgan fingerprint density at radius 3 is 2.75 bits per heavy atom. The Morgan fingerprint density at radius 1 is 1.20 bits per heavy atom. The van der Waals surface area contributed by atoms with Gasteiger partial charge in [-0.2, -0.15) is 0 Å². The van der Waals surface area contributed by atoms with Crippen LogP contribution in [0.3, 0.4) is 0 Å². The van der Waals surface area contributed by atoms with E-state index in [-0.39, 0.29) is 5.69 Å². The van der Waals surface area contributed by atoms with Gasteiger partial charge in [0.05, 0.1) is 11.0 Å². The molecular formula is C16H23N3O. The smallest absolute Gasteiger partial charge is 0.310 e. The lowest BCUT2D eigenvalue weighted by Crippen LogP contribution is -2.27. The van der Waals surface area contributed by atoms with Crippen molar-refractivity contribution in [3.05, 3.63) is 34.2 Å². The van der Waals surface area contributed by atoms with Gasteiger partial charge in [0.15, 0.2) is 0 Å². The number of H-pyrrole nitrogens is 2. The van der Waals surface area contributed by atoms with Gasteiger partial charge in [0.25, 0.3) is 0 Å². The molecule has 1 atom stereocenters. The van der Waals surface area contributed by atoms with Crippen LogP contribution in [0.4, 0.5) is 0 Å². The van der Waals surface area contributed by atoms with Crippen LogP contribution in [0.2, 0.25) is 0 Å².